The third-order valence-corrected chi connectivity index (χ3v) is 3.95. The Bertz CT molecular complexity index is 509. The van der Waals surface area contributed by atoms with Gasteiger partial charge in [0.05, 0.1) is 12.6 Å². The van der Waals surface area contributed by atoms with Crippen molar-refractivity contribution in [3.8, 4) is 0 Å². The molecular formula is C17H29IN4O. The predicted molar refractivity (Wildman–Crippen MR) is 106 cm³/mol. The second-order valence-electron chi connectivity index (χ2n) is 6.35. The van der Waals surface area contributed by atoms with Gasteiger partial charge in [0.1, 0.15) is 0 Å². The van der Waals surface area contributed by atoms with Crippen LogP contribution in [0.15, 0.2) is 29.3 Å². The van der Waals surface area contributed by atoms with E-state index < -0.39 is 0 Å². The zero-order valence-electron chi connectivity index (χ0n) is 14.6. The Morgan fingerprint density at radius 1 is 1.17 bits per heavy atom. The van der Waals surface area contributed by atoms with Crippen molar-refractivity contribution in [1.82, 2.24) is 14.7 Å². The van der Waals surface area contributed by atoms with E-state index in [9.17, 15) is 5.11 Å². The van der Waals surface area contributed by atoms with E-state index in [1.807, 2.05) is 38.0 Å². The first-order valence-corrected chi connectivity index (χ1v) is 7.83. The van der Waals surface area contributed by atoms with Crippen molar-refractivity contribution in [2.75, 3.05) is 41.3 Å². The highest BCUT2D eigenvalue weighted by atomic mass is 127. The number of halogens is 1. The standard InChI is InChI=1S/C17H28N4O.HI/c1-19(2)17(20(3)4)18-11-14-7-5-6-8-15(14)12-21-10-9-16(22)13-21;/h5-8,16,22H,9-13H2,1-4H3;1H. The average molecular weight is 432 g/mol. The van der Waals surface area contributed by atoms with Crippen LogP contribution in [0.2, 0.25) is 0 Å². The summed E-state index contributed by atoms with van der Waals surface area (Å²) in [6.45, 7) is 3.32. The van der Waals surface area contributed by atoms with Gasteiger partial charge in [-0.1, -0.05) is 24.3 Å². The Kier molecular flexibility index (Phi) is 8.28. The number of rotatable bonds is 4. The lowest BCUT2D eigenvalue weighted by Gasteiger charge is -2.23. The molecule has 0 amide bonds. The first kappa shape index (κ1) is 20.2. The number of hydrogen-bond acceptors (Lipinski definition) is 3. The fraction of sp³-hybridized carbons (Fsp3) is 0.588. The Balaban J connectivity index is 0.00000264. The molecule has 0 aliphatic carbocycles. The summed E-state index contributed by atoms with van der Waals surface area (Å²) in [5.41, 5.74) is 2.56. The van der Waals surface area contributed by atoms with Crippen LogP contribution in [0.1, 0.15) is 17.5 Å². The van der Waals surface area contributed by atoms with Gasteiger partial charge in [0.25, 0.3) is 0 Å². The second kappa shape index (κ2) is 9.44. The Morgan fingerprint density at radius 3 is 2.30 bits per heavy atom. The molecule has 1 aromatic carbocycles. The largest absolute Gasteiger partial charge is 0.392 e. The molecule has 1 N–H and O–H groups in total. The van der Waals surface area contributed by atoms with Crippen LogP contribution in [0.5, 0.6) is 0 Å². The molecule has 1 unspecified atom stereocenters. The molecular weight excluding hydrogens is 403 g/mol. The molecule has 5 nitrogen and oxygen atoms in total. The number of aliphatic hydroxyl groups is 1. The van der Waals surface area contributed by atoms with Crippen LogP contribution in [-0.4, -0.2) is 73.1 Å². The molecule has 6 heteroatoms. The summed E-state index contributed by atoms with van der Waals surface area (Å²) in [5, 5.41) is 9.67. The number of aliphatic hydroxyl groups excluding tert-OH is 1. The molecule has 0 spiro atoms. The minimum atomic E-state index is -0.167. The number of benzene rings is 1. The lowest BCUT2D eigenvalue weighted by molar-refractivity contribution is 0.174. The van der Waals surface area contributed by atoms with E-state index in [2.05, 4.69) is 29.2 Å². The summed E-state index contributed by atoms with van der Waals surface area (Å²) < 4.78 is 0. The van der Waals surface area contributed by atoms with E-state index >= 15 is 0 Å². The van der Waals surface area contributed by atoms with Crippen LogP contribution >= 0.6 is 24.0 Å². The van der Waals surface area contributed by atoms with Crippen molar-refractivity contribution in [2.45, 2.75) is 25.6 Å². The van der Waals surface area contributed by atoms with E-state index in [-0.39, 0.29) is 30.1 Å². The third kappa shape index (κ3) is 5.93. The van der Waals surface area contributed by atoms with Crippen LogP contribution < -0.4 is 0 Å². The number of β-amino-alcohol motifs (C(OH)–C–C–N with tert-alkyl or cyclic N) is 1. The minimum absolute atomic E-state index is 0. The van der Waals surface area contributed by atoms with Crippen LogP contribution in [0.3, 0.4) is 0 Å². The van der Waals surface area contributed by atoms with Crippen molar-refractivity contribution in [1.29, 1.82) is 0 Å². The fourth-order valence-corrected chi connectivity index (χ4v) is 2.90. The third-order valence-electron chi connectivity index (χ3n) is 3.95. The first-order valence-electron chi connectivity index (χ1n) is 7.83. The van der Waals surface area contributed by atoms with Gasteiger partial charge in [0, 0.05) is 47.8 Å². The molecule has 1 aromatic rings. The van der Waals surface area contributed by atoms with Crippen LogP contribution in [0.4, 0.5) is 0 Å². The quantitative estimate of drug-likeness (QED) is 0.448. The molecule has 1 saturated heterocycles. The molecule has 0 bridgehead atoms. The molecule has 0 radical (unpaired) electrons. The van der Waals surface area contributed by atoms with Gasteiger partial charge in [0.15, 0.2) is 5.96 Å². The van der Waals surface area contributed by atoms with Gasteiger partial charge >= 0.3 is 0 Å². The molecule has 0 aromatic heterocycles. The Hall–Kier alpha value is -0.860. The molecule has 1 heterocycles. The summed E-state index contributed by atoms with van der Waals surface area (Å²) in [5.74, 6) is 0.964. The normalized spacial score (nSPS) is 17.5. The molecule has 1 atom stereocenters. The van der Waals surface area contributed by atoms with Gasteiger partial charge in [-0.05, 0) is 17.5 Å². The zero-order valence-corrected chi connectivity index (χ0v) is 16.9. The minimum Gasteiger partial charge on any atom is -0.392 e. The van der Waals surface area contributed by atoms with Crippen molar-refractivity contribution >= 4 is 29.9 Å². The van der Waals surface area contributed by atoms with Crippen molar-refractivity contribution < 1.29 is 5.11 Å². The molecule has 130 valence electrons. The van der Waals surface area contributed by atoms with Crippen LogP contribution in [0.25, 0.3) is 0 Å². The molecule has 2 rings (SSSR count). The lowest BCUT2D eigenvalue weighted by Crippen LogP contribution is -2.35. The predicted octanol–water partition coefficient (Wildman–Crippen LogP) is 1.85. The summed E-state index contributed by atoms with van der Waals surface area (Å²) in [6.07, 6.45) is 0.713. The molecule has 0 saturated carbocycles. The average Bonchev–Trinajstić information content (AvgIpc) is 2.85. The number of likely N-dealkylation sites (tertiary alicyclic amines) is 1. The van der Waals surface area contributed by atoms with E-state index in [0.29, 0.717) is 6.54 Å². The van der Waals surface area contributed by atoms with Gasteiger partial charge in [-0.25, -0.2) is 4.99 Å². The Morgan fingerprint density at radius 2 is 1.78 bits per heavy atom. The van der Waals surface area contributed by atoms with Crippen LogP contribution in [0, 0.1) is 0 Å². The van der Waals surface area contributed by atoms with E-state index in [0.717, 1.165) is 32.0 Å². The highest BCUT2D eigenvalue weighted by Crippen LogP contribution is 2.17. The second-order valence-corrected chi connectivity index (χ2v) is 6.35. The highest BCUT2D eigenvalue weighted by molar-refractivity contribution is 14.0. The van der Waals surface area contributed by atoms with Crippen LogP contribution in [-0.2, 0) is 13.1 Å². The van der Waals surface area contributed by atoms with Gasteiger partial charge in [0.2, 0.25) is 0 Å². The molecule has 1 aliphatic heterocycles. The number of aliphatic imine (C=N–C) groups is 1. The van der Waals surface area contributed by atoms with Gasteiger partial charge in [-0.3, -0.25) is 4.90 Å². The number of nitrogens with zero attached hydrogens (tertiary/aromatic N) is 4. The maximum absolute atomic E-state index is 9.67. The summed E-state index contributed by atoms with van der Waals surface area (Å²) >= 11 is 0. The summed E-state index contributed by atoms with van der Waals surface area (Å²) in [7, 11) is 8.04. The van der Waals surface area contributed by atoms with E-state index in [4.69, 9.17) is 4.99 Å². The topological polar surface area (TPSA) is 42.3 Å². The number of hydrogen-bond donors (Lipinski definition) is 1. The molecule has 1 aliphatic rings. The van der Waals surface area contributed by atoms with Gasteiger partial charge in [-0.15, -0.1) is 24.0 Å². The Labute approximate surface area is 157 Å². The van der Waals surface area contributed by atoms with Crippen molar-refractivity contribution in [3.63, 3.8) is 0 Å². The molecule has 1 fully saturated rings. The first-order chi connectivity index (χ1) is 10.5. The smallest absolute Gasteiger partial charge is 0.195 e. The summed E-state index contributed by atoms with van der Waals surface area (Å²) in [6, 6.07) is 8.46. The van der Waals surface area contributed by atoms with Crippen molar-refractivity contribution in [2.24, 2.45) is 4.99 Å². The lowest BCUT2D eigenvalue weighted by atomic mass is 10.1. The van der Waals surface area contributed by atoms with Crippen molar-refractivity contribution in [3.05, 3.63) is 35.4 Å². The van der Waals surface area contributed by atoms with Gasteiger partial charge in [-0.2, -0.15) is 0 Å². The maximum atomic E-state index is 9.67. The highest BCUT2D eigenvalue weighted by Gasteiger charge is 2.20. The van der Waals surface area contributed by atoms with Gasteiger partial charge < -0.3 is 14.9 Å². The van der Waals surface area contributed by atoms with E-state index in [1.54, 1.807) is 0 Å². The number of guanidine groups is 1. The summed E-state index contributed by atoms with van der Waals surface area (Å²) in [4.78, 5) is 11.1. The zero-order chi connectivity index (χ0) is 16.1. The monoisotopic (exact) mass is 432 g/mol. The molecule has 23 heavy (non-hydrogen) atoms. The van der Waals surface area contributed by atoms with E-state index in [1.165, 1.54) is 11.1 Å². The maximum Gasteiger partial charge on any atom is 0.195 e. The fourth-order valence-electron chi connectivity index (χ4n) is 2.90. The SMILES string of the molecule is CN(C)C(=NCc1ccccc1CN1CCC(O)C1)N(C)C.I.